The Kier molecular flexibility index (Phi) is 7.71. The van der Waals surface area contributed by atoms with Crippen LogP contribution < -0.4 is 15.2 Å². The number of aryl methyl sites for hydroxylation is 2. The van der Waals surface area contributed by atoms with Crippen LogP contribution in [0.25, 0.3) is 11.1 Å². The summed E-state index contributed by atoms with van der Waals surface area (Å²) in [6.07, 6.45) is 0. The normalized spacial score (nSPS) is 10.2. The Morgan fingerprint density at radius 2 is 1.59 bits per heavy atom. The van der Waals surface area contributed by atoms with Crippen LogP contribution in [0.1, 0.15) is 16.7 Å². The highest BCUT2D eigenvalue weighted by atomic mass is 35.5. The van der Waals surface area contributed by atoms with Gasteiger partial charge in [0, 0.05) is 6.54 Å². The minimum Gasteiger partial charge on any atom is -0.488 e. The molecule has 3 aromatic carbocycles. The molecule has 27 heavy (non-hydrogen) atoms. The highest BCUT2D eigenvalue weighted by molar-refractivity contribution is 5.85. The van der Waals surface area contributed by atoms with Crippen molar-refractivity contribution in [2.45, 2.75) is 20.5 Å². The van der Waals surface area contributed by atoms with E-state index in [-0.39, 0.29) is 12.4 Å². The Labute approximate surface area is 167 Å². The molecular weight excluding hydrogens is 358 g/mol. The molecule has 0 saturated carbocycles. The predicted molar refractivity (Wildman–Crippen MR) is 114 cm³/mol. The highest BCUT2D eigenvalue weighted by Gasteiger charge is 2.10. The van der Waals surface area contributed by atoms with Gasteiger partial charge in [0.05, 0.1) is 0 Å². The molecule has 0 fully saturated rings. The lowest BCUT2D eigenvalue weighted by atomic mass is 9.98. The number of benzene rings is 3. The van der Waals surface area contributed by atoms with E-state index in [0.29, 0.717) is 19.8 Å². The van der Waals surface area contributed by atoms with E-state index in [0.717, 1.165) is 22.6 Å². The molecule has 3 nitrogen and oxygen atoms in total. The van der Waals surface area contributed by atoms with E-state index in [9.17, 15) is 0 Å². The average molecular weight is 384 g/mol. The topological polar surface area (TPSA) is 44.5 Å². The van der Waals surface area contributed by atoms with Crippen molar-refractivity contribution in [2.75, 3.05) is 13.2 Å². The van der Waals surface area contributed by atoms with E-state index < -0.39 is 0 Å². The predicted octanol–water partition coefficient (Wildman–Crippen LogP) is 5.31. The van der Waals surface area contributed by atoms with Crippen LogP contribution >= 0.6 is 12.4 Å². The second-order valence-electron chi connectivity index (χ2n) is 6.39. The van der Waals surface area contributed by atoms with Crippen molar-refractivity contribution in [2.24, 2.45) is 5.73 Å². The minimum absolute atomic E-state index is 0. The molecule has 0 spiro atoms. The fraction of sp³-hybridized carbons (Fsp3) is 0.217. The van der Waals surface area contributed by atoms with Gasteiger partial charge in [-0.3, -0.25) is 0 Å². The average Bonchev–Trinajstić information content (AvgIpc) is 2.67. The van der Waals surface area contributed by atoms with Gasteiger partial charge < -0.3 is 15.2 Å². The molecule has 0 saturated heterocycles. The van der Waals surface area contributed by atoms with Crippen molar-refractivity contribution in [3.63, 3.8) is 0 Å². The molecule has 0 bridgehead atoms. The first-order valence-electron chi connectivity index (χ1n) is 8.88. The summed E-state index contributed by atoms with van der Waals surface area (Å²) in [5.41, 5.74) is 11.5. The molecule has 3 aromatic rings. The zero-order valence-electron chi connectivity index (χ0n) is 15.8. The molecule has 0 aliphatic carbocycles. The van der Waals surface area contributed by atoms with Crippen LogP contribution in [0.2, 0.25) is 0 Å². The van der Waals surface area contributed by atoms with Gasteiger partial charge in [-0.2, -0.15) is 0 Å². The van der Waals surface area contributed by atoms with Crippen LogP contribution in [0.4, 0.5) is 0 Å². The van der Waals surface area contributed by atoms with Gasteiger partial charge in [0.2, 0.25) is 0 Å². The number of halogens is 1. The fourth-order valence-corrected chi connectivity index (χ4v) is 2.86. The van der Waals surface area contributed by atoms with Crippen molar-refractivity contribution in [3.8, 4) is 22.6 Å². The van der Waals surface area contributed by atoms with Gasteiger partial charge in [-0.1, -0.05) is 60.2 Å². The zero-order chi connectivity index (χ0) is 18.4. The third kappa shape index (κ3) is 5.49. The summed E-state index contributed by atoms with van der Waals surface area (Å²) in [7, 11) is 0. The maximum absolute atomic E-state index is 6.09. The molecule has 0 amide bonds. The first kappa shape index (κ1) is 20.8. The van der Waals surface area contributed by atoms with Crippen molar-refractivity contribution in [1.29, 1.82) is 0 Å². The SMILES string of the molecule is Cc1ccc(C)c(-c2ccc(OCCN)c(OCc3ccccc3)c2)c1.Cl. The Morgan fingerprint density at radius 1 is 0.815 bits per heavy atom. The summed E-state index contributed by atoms with van der Waals surface area (Å²) >= 11 is 0. The van der Waals surface area contributed by atoms with Crippen LogP contribution in [0.15, 0.2) is 66.7 Å². The van der Waals surface area contributed by atoms with E-state index in [1.54, 1.807) is 0 Å². The molecule has 0 unspecified atom stereocenters. The van der Waals surface area contributed by atoms with Gasteiger partial charge in [-0.05, 0) is 48.2 Å². The first-order valence-corrected chi connectivity index (χ1v) is 8.88. The third-order valence-electron chi connectivity index (χ3n) is 4.26. The fourth-order valence-electron chi connectivity index (χ4n) is 2.86. The van der Waals surface area contributed by atoms with Crippen LogP contribution in [0.5, 0.6) is 11.5 Å². The van der Waals surface area contributed by atoms with E-state index in [4.69, 9.17) is 15.2 Å². The summed E-state index contributed by atoms with van der Waals surface area (Å²) in [6.45, 7) is 5.66. The van der Waals surface area contributed by atoms with Gasteiger partial charge in [0.1, 0.15) is 13.2 Å². The lowest BCUT2D eigenvalue weighted by molar-refractivity contribution is 0.266. The number of hydrogen-bond donors (Lipinski definition) is 1. The molecule has 2 N–H and O–H groups in total. The first-order chi connectivity index (χ1) is 12.7. The summed E-state index contributed by atoms with van der Waals surface area (Å²) in [6, 6.07) is 22.7. The summed E-state index contributed by atoms with van der Waals surface area (Å²) in [4.78, 5) is 0. The van der Waals surface area contributed by atoms with Crippen LogP contribution in [-0.4, -0.2) is 13.2 Å². The number of ether oxygens (including phenoxy) is 2. The van der Waals surface area contributed by atoms with Crippen LogP contribution in [-0.2, 0) is 6.61 Å². The standard InChI is InChI=1S/C23H25NO2.ClH/c1-17-8-9-18(2)21(14-17)20-10-11-22(25-13-12-24)23(15-20)26-16-19-6-4-3-5-7-19;/h3-11,14-15H,12-13,16,24H2,1-2H3;1H. The van der Waals surface area contributed by atoms with Crippen LogP contribution in [0, 0.1) is 13.8 Å². The minimum atomic E-state index is 0. The molecule has 0 aromatic heterocycles. The number of rotatable bonds is 7. The Hall–Kier alpha value is -2.49. The van der Waals surface area contributed by atoms with E-state index >= 15 is 0 Å². The van der Waals surface area contributed by atoms with Crippen molar-refractivity contribution < 1.29 is 9.47 Å². The van der Waals surface area contributed by atoms with Gasteiger partial charge in [0.25, 0.3) is 0 Å². The summed E-state index contributed by atoms with van der Waals surface area (Å²) in [5.74, 6) is 1.46. The van der Waals surface area contributed by atoms with E-state index in [2.05, 4.69) is 56.3 Å². The lowest BCUT2D eigenvalue weighted by Crippen LogP contribution is -2.11. The highest BCUT2D eigenvalue weighted by Crippen LogP contribution is 2.34. The molecule has 4 heteroatoms. The number of hydrogen-bond acceptors (Lipinski definition) is 3. The van der Waals surface area contributed by atoms with Crippen LogP contribution in [0.3, 0.4) is 0 Å². The van der Waals surface area contributed by atoms with E-state index in [1.807, 2.05) is 24.3 Å². The molecule has 142 valence electrons. The number of nitrogens with two attached hydrogens (primary N) is 1. The van der Waals surface area contributed by atoms with Gasteiger partial charge in [0.15, 0.2) is 11.5 Å². The lowest BCUT2D eigenvalue weighted by Gasteiger charge is -2.15. The van der Waals surface area contributed by atoms with Gasteiger partial charge in [-0.25, -0.2) is 0 Å². The maximum atomic E-state index is 6.09. The largest absolute Gasteiger partial charge is 0.488 e. The molecular formula is C23H26ClNO2. The van der Waals surface area contributed by atoms with Crippen molar-refractivity contribution >= 4 is 12.4 Å². The smallest absolute Gasteiger partial charge is 0.162 e. The molecule has 0 aliphatic rings. The molecule has 0 heterocycles. The van der Waals surface area contributed by atoms with Gasteiger partial charge in [-0.15, -0.1) is 12.4 Å². The summed E-state index contributed by atoms with van der Waals surface area (Å²) < 4.78 is 11.9. The monoisotopic (exact) mass is 383 g/mol. The zero-order valence-corrected chi connectivity index (χ0v) is 16.6. The maximum Gasteiger partial charge on any atom is 0.162 e. The Morgan fingerprint density at radius 3 is 2.33 bits per heavy atom. The molecule has 3 rings (SSSR count). The van der Waals surface area contributed by atoms with Crippen molar-refractivity contribution in [3.05, 3.63) is 83.4 Å². The quantitative estimate of drug-likeness (QED) is 0.601. The molecule has 0 atom stereocenters. The second kappa shape index (κ2) is 10.0. The molecule has 0 aliphatic heterocycles. The summed E-state index contributed by atoms with van der Waals surface area (Å²) in [5, 5.41) is 0. The second-order valence-corrected chi connectivity index (χ2v) is 6.39. The Bertz CT molecular complexity index is 866. The Balaban J connectivity index is 0.00000261. The van der Waals surface area contributed by atoms with Crippen molar-refractivity contribution in [1.82, 2.24) is 0 Å². The third-order valence-corrected chi connectivity index (χ3v) is 4.26. The molecule has 0 radical (unpaired) electrons. The van der Waals surface area contributed by atoms with Gasteiger partial charge >= 0.3 is 0 Å². The van der Waals surface area contributed by atoms with E-state index in [1.165, 1.54) is 16.7 Å².